The minimum Gasteiger partial charge on any atom is -0.378 e. The Labute approximate surface area is 99.2 Å². The largest absolute Gasteiger partial charge is 0.378 e. The molecule has 1 N–H and O–H groups in total. The summed E-state index contributed by atoms with van der Waals surface area (Å²) >= 11 is 1.89. The monoisotopic (exact) mass is 233 g/mol. The Balaban J connectivity index is 2.05. The molecule has 3 rings (SSSR count). The molecule has 84 valence electrons. The van der Waals surface area contributed by atoms with E-state index in [9.17, 15) is 0 Å². The van der Waals surface area contributed by atoms with Crippen LogP contribution in [0.5, 0.6) is 0 Å². The maximum atomic E-state index is 5.53. The second-order valence-electron chi connectivity index (χ2n) is 4.17. The van der Waals surface area contributed by atoms with Crippen LogP contribution in [-0.2, 0) is 4.74 Å². The summed E-state index contributed by atoms with van der Waals surface area (Å²) in [6.45, 7) is 4.80. The fourth-order valence-electron chi connectivity index (χ4n) is 2.26. The predicted molar refractivity (Wildman–Crippen MR) is 68.1 cm³/mol. The highest BCUT2D eigenvalue weighted by Gasteiger charge is 2.20. The summed E-state index contributed by atoms with van der Waals surface area (Å²) in [5.41, 5.74) is 1.41. The fraction of sp³-hybridized carbons (Fsp3) is 0.385. The number of fused-ring (bicyclic) bond motifs is 1. The molecule has 1 aromatic carbocycles. The highest BCUT2D eigenvalue weighted by atomic mass is 32.1. The van der Waals surface area contributed by atoms with E-state index in [2.05, 4.69) is 36.5 Å². The van der Waals surface area contributed by atoms with Gasteiger partial charge in [0.1, 0.15) is 0 Å². The minimum atomic E-state index is 0.381. The Hall–Kier alpha value is -0.900. The molecule has 1 aliphatic rings. The molecule has 3 heteroatoms. The van der Waals surface area contributed by atoms with Gasteiger partial charge in [-0.3, -0.25) is 0 Å². The van der Waals surface area contributed by atoms with Gasteiger partial charge in [-0.25, -0.2) is 0 Å². The molecule has 1 atom stereocenters. The molecule has 0 spiro atoms. The van der Waals surface area contributed by atoms with E-state index in [4.69, 9.17) is 4.74 Å². The summed E-state index contributed by atoms with van der Waals surface area (Å²) < 4.78 is 6.91. The van der Waals surface area contributed by atoms with Gasteiger partial charge in [0.15, 0.2) is 0 Å². The van der Waals surface area contributed by atoms with Crippen LogP contribution in [0, 0.1) is 6.92 Å². The van der Waals surface area contributed by atoms with Gasteiger partial charge in [-0.1, -0.05) is 18.2 Å². The first kappa shape index (κ1) is 10.3. The molecule has 0 bridgehead atoms. The van der Waals surface area contributed by atoms with Crippen LogP contribution in [0.2, 0.25) is 0 Å². The van der Waals surface area contributed by atoms with Crippen molar-refractivity contribution in [1.82, 2.24) is 5.32 Å². The first-order valence-electron chi connectivity index (χ1n) is 5.65. The molecule has 1 unspecified atom stereocenters. The van der Waals surface area contributed by atoms with Gasteiger partial charge in [0.2, 0.25) is 0 Å². The normalized spacial score (nSPS) is 21.4. The number of rotatable bonds is 1. The third-order valence-corrected chi connectivity index (χ3v) is 4.51. The lowest BCUT2D eigenvalue weighted by Crippen LogP contribution is -2.34. The number of morpholine rings is 1. The summed E-state index contributed by atoms with van der Waals surface area (Å²) in [5.74, 6) is 0. The van der Waals surface area contributed by atoms with Crippen LogP contribution in [0.4, 0.5) is 0 Å². The Morgan fingerprint density at radius 2 is 2.25 bits per heavy atom. The highest BCUT2D eigenvalue weighted by Crippen LogP contribution is 2.35. The average Bonchev–Trinajstić information content (AvgIpc) is 2.69. The van der Waals surface area contributed by atoms with Gasteiger partial charge >= 0.3 is 0 Å². The molecule has 1 fully saturated rings. The summed E-state index contributed by atoms with van der Waals surface area (Å²) in [6.07, 6.45) is 0. The lowest BCUT2D eigenvalue weighted by atomic mass is 10.1. The number of benzene rings is 1. The quantitative estimate of drug-likeness (QED) is 0.817. The number of thiophene rings is 1. The Morgan fingerprint density at radius 1 is 1.38 bits per heavy atom. The summed E-state index contributed by atoms with van der Waals surface area (Å²) in [7, 11) is 0. The minimum absolute atomic E-state index is 0.381. The number of aryl methyl sites for hydroxylation is 1. The first-order valence-corrected chi connectivity index (χ1v) is 6.47. The number of hydrogen-bond donors (Lipinski definition) is 1. The predicted octanol–water partition coefficient (Wildman–Crippen LogP) is 2.87. The molecule has 1 saturated heterocycles. The van der Waals surface area contributed by atoms with Crippen molar-refractivity contribution in [2.75, 3.05) is 19.8 Å². The maximum Gasteiger partial charge on any atom is 0.0670 e. The van der Waals surface area contributed by atoms with E-state index in [0.717, 1.165) is 19.8 Å². The molecule has 0 radical (unpaired) electrons. The van der Waals surface area contributed by atoms with E-state index in [0.29, 0.717) is 6.04 Å². The number of nitrogens with one attached hydrogen (secondary N) is 1. The molecule has 2 heterocycles. The van der Waals surface area contributed by atoms with E-state index in [1.54, 1.807) is 0 Å². The zero-order chi connectivity index (χ0) is 11.0. The molecule has 0 aliphatic carbocycles. The molecule has 1 aromatic heterocycles. The molecule has 1 aliphatic heterocycles. The van der Waals surface area contributed by atoms with Crippen molar-refractivity contribution in [2.24, 2.45) is 0 Å². The topological polar surface area (TPSA) is 21.3 Å². The van der Waals surface area contributed by atoms with Gasteiger partial charge in [-0.15, -0.1) is 11.3 Å². The Bertz CT molecular complexity index is 500. The smallest absolute Gasteiger partial charge is 0.0670 e. The SMILES string of the molecule is Cc1c(C2COCCN2)sc2ccccc12. The Kier molecular flexibility index (Phi) is 2.67. The van der Waals surface area contributed by atoms with Crippen molar-refractivity contribution in [1.29, 1.82) is 0 Å². The van der Waals surface area contributed by atoms with Crippen LogP contribution in [0.1, 0.15) is 16.5 Å². The van der Waals surface area contributed by atoms with Crippen molar-refractivity contribution < 1.29 is 4.74 Å². The second-order valence-corrected chi connectivity index (χ2v) is 5.25. The molecule has 2 nitrogen and oxygen atoms in total. The maximum absolute atomic E-state index is 5.53. The van der Waals surface area contributed by atoms with Gasteiger partial charge in [-0.2, -0.15) is 0 Å². The summed E-state index contributed by atoms with van der Waals surface area (Å²) in [4.78, 5) is 1.43. The molecule has 16 heavy (non-hydrogen) atoms. The van der Waals surface area contributed by atoms with Gasteiger partial charge in [0, 0.05) is 16.1 Å². The average molecular weight is 233 g/mol. The molecular weight excluding hydrogens is 218 g/mol. The van der Waals surface area contributed by atoms with Gasteiger partial charge in [0.25, 0.3) is 0 Å². The van der Waals surface area contributed by atoms with Crippen molar-refractivity contribution in [2.45, 2.75) is 13.0 Å². The van der Waals surface area contributed by atoms with Crippen LogP contribution in [0.15, 0.2) is 24.3 Å². The number of ether oxygens (including phenoxy) is 1. The van der Waals surface area contributed by atoms with Crippen LogP contribution >= 0.6 is 11.3 Å². The van der Waals surface area contributed by atoms with Crippen molar-refractivity contribution in [3.05, 3.63) is 34.7 Å². The molecular formula is C13H15NOS. The van der Waals surface area contributed by atoms with Gasteiger partial charge < -0.3 is 10.1 Å². The standard InChI is InChI=1S/C13H15NOS/c1-9-10-4-2-3-5-12(10)16-13(9)11-8-15-7-6-14-11/h2-5,11,14H,6-8H2,1H3. The highest BCUT2D eigenvalue weighted by molar-refractivity contribution is 7.19. The summed E-state index contributed by atoms with van der Waals surface area (Å²) in [5, 5.41) is 4.91. The molecule has 0 amide bonds. The van der Waals surface area contributed by atoms with Crippen LogP contribution in [0.3, 0.4) is 0 Å². The van der Waals surface area contributed by atoms with Crippen LogP contribution in [-0.4, -0.2) is 19.8 Å². The Morgan fingerprint density at radius 3 is 3.00 bits per heavy atom. The van der Waals surface area contributed by atoms with Gasteiger partial charge in [0.05, 0.1) is 19.3 Å². The van der Waals surface area contributed by atoms with E-state index < -0.39 is 0 Å². The molecule has 0 saturated carbocycles. The summed E-state index contributed by atoms with van der Waals surface area (Å²) in [6, 6.07) is 8.99. The third-order valence-electron chi connectivity index (χ3n) is 3.12. The lowest BCUT2D eigenvalue weighted by Gasteiger charge is -2.23. The van der Waals surface area contributed by atoms with Crippen LogP contribution < -0.4 is 5.32 Å². The van der Waals surface area contributed by atoms with Crippen LogP contribution in [0.25, 0.3) is 10.1 Å². The van der Waals surface area contributed by atoms with E-state index >= 15 is 0 Å². The zero-order valence-corrected chi connectivity index (χ0v) is 10.1. The zero-order valence-electron chi connectivity index (χ0n) is 9.32. The lowest BCUT2D eigenvalue weighted by molar-refractivity contribution is 0.0778. The fourth-order valence-corrected chi connectivity index (χ4v) is 3.53. The van der Waals surface area contributed by atoms with Gasteiger partial charge in [-0.05, 0) is 23.9 Å². The molecule has 2 aromatic rings. The van der Waals surface area contributed by atoms with Crippen molar-refractivity contribution >= 4 is 21.4 Å². The van der Waals surface area contributed by atoms with Crippen molar-refractivity contribution in [3.8, 4) is 0 Å². The third kappa shape index (κ3) is 1.65. The van der Waals surface area contributed by atoms with E-state index in [1.165, 1.54) is 20.5 Å². The van der Waals surface area contributed by atoms with E-state index in [-0.39, 0.29) is 0 Å². The number of hydrogen-bond acceptors (Lipinski definition) is 3. The van der Waals surface area contributed by atoms with E-state index in [1.807, 2.05) is 11.3 Å². The van der Waals surface area contributed by atoms with Crippen molar-refractivity contribution in [3.63, 3.8) is 0 Å². The second kappa shape index (κ2) is 4.17. The first-order chi connectivity index (χ1) is 7.86.